The van der Waals surface area contributed by atoms with Gasteiger partial charge in [0.25, 0.3) is 0 Å². The highest BCUT2D eigenvalue weighted by molar-refractivity contribution is 5.63. The molecular formula is C10H9N3O. The Balaban J connectivity index is 2.24. The van der Waals surface area contributed by atoms with Crippen molar-refractivity contribution in [3.05, 3.63) is 37.1 Å². The van der Waals surface area contributed by atoms with Crippen LogP contribution in [0, 0.1) is 0 Å². The van der Waals surface area contributed by atoms with Crippen LogP contribution in [0.25, 0.3) is 16.9 Å². The summed E-state index contributed by atoms with van der Waals surface area (Å²) in [6, 6.07) is 3.94. The fourth-order valence-corrected chi connectivity index (χ4v) is 1.55. The molecule has 0 unspecified atom stereocenters. The number of nitrogens with zero attached hydrogens (tertiary/aromatic N) is 3. The van der Waals surface area contributed by atoms with Crippen molar-refractivity contribution in [1.82, 2.24) is 14.2 Å². The zero-order valence-corrected chi connectivity index (χ0v) is 7.71. The third-order valence-electron chi connectivity index (χ3n) is 2.33. The molecule has 14 heavy (non-hydrogen) atoms. The summed E-state index contributed by atoms with van der Waals surface area (Å²) in [6.45, 7) is 0. The lowest BCUT2D eigenvalue weighted by atomic mass is 10.2. The van der Waals surface area contributed by atoms with Gasteiger partial charge in [0.2, 0.25) is 0 Å². The summed E-state index contributed by atoms with van der Waals surface area (Å²) >= 11 is 0. The second-order valence-corrected chi connectivity index (χ2v) is 3.25. The second kappa shape index (κ2) is 2.51. The number of rotatable bonds is 1. The summed E-state index contributed by atoms with van der Waals surface area (Å²) in [6.07, 6.45) is 7.25. The van der Waals surface area contributed by atoms with E-state index in [-0.39, 0.29) is 0 Å². The Morgan fingerprint density at radius 1 is 1.36 bits per heavy atom. The van der Waals surface area contributed by atoms with Crippen LogP contribution in [0.4, 0.5) is 0 Å². The van der Waals surface area contributed by atoms with E-state index in [0.717, 1.165) is 16.9 Å². The van der Waals surface area contributed by atoms with E-state index >= 15 is 0 Å². The van der Waals surface area contributed by atoms with Gasteiger partial charge in [-0.1, -0.05) is 0 Å². The van der Waals surface area contributed by atoms with Crippen LogP contribution in [0.15, 0.2) is 41.5 Å². The average molecular weight is 187 g/mol. The van der Waals surface area contributed by atoms with Crippen LogP contribution in [-0.2, 0) is 7.05 Å². The first-order valence-corrected chi connectivity index (χ1v) is 4.38. The first-order chi connectivity index (χ1) is 6.84. The number of fused-ring (bicyclic) bond motifs is 1. The highest BCUT2D eigenvalue weighted by atomic mass is 16.3. The van der Waals surface area contributed by atoms with E-state index in [1.54, 1.807) is 12.5 Å². The van der Waals surface area contributed by atoms with E-state index in [0.29, 0.717) is 0 Å². The first-order valence-electron chi connectivity index (χ1n) is 4.38. The normalized spacial score (nSPS) is 11.2. The molecule has 4 heteroatoms. The molecule has 0 aliphatic carbocycles. The van der Waals surface area contributed by atoms with E-state index in [1.807, 2.05) is 40.7 Å². The molecule has 0 aliphatic heterocycles. The van der Waals surface area contributed by atoms with E-state index in [1.165, 1.54) is 0 Å². The lowest BCUT2D eigenvalue weighted by Gasteiger charge is -1.86. The SMILES string of the molecule is Cn1ccn2nc(-c3ccoc3)cc12. The Labute approximate surface area is 80.4 Å². The average Bonchev–Trinajstić information content (AvgIpc) is 2.83. The Hall–Kier alpha value is -1.97. The van der Waals surface area contributed by atoms with Crippen LogP contribution in [-0.4, -0.2) is 14.2 Å². The number of aryl methyl sites for hydroxylation is 1. The lowest BCUT2D eigenvalue weighted by molar-refractivity contribution is 0.568. The van der Waals surface area contributed by atoms with Crippen LogP contribution in [0.2, 0.25) is 0 Å². The van der Waals surface area contributed by atoms with Crippen molar-refractivity contribution in [2.75, 3.05) is 0 Å². The molecule has 0 aromatic carbocycles. The topological polar surface area (TPSA) is 35.4 Å². The number of hydrogen-bond donors (Lipinski definition) is 0. The van der Waals surface area contributed by atoms with Gasteiger partial charge in [-0.25, -0.2) is 4.52 Å². The quantitative estimate of drug-likeness (QED) is 0.583. The van der Waals surface area contributed by atoms with Gasteiger partial charge in [0.05, 0.1) is 18.2 Å². The number of hydrogen-bond acceptors (Lipinski definition) is 2. The fourth-order valence-electron chi connectivity index (χ4n) is 1.55. The van der Waals surface area contributed by atoms with Gasteiger partial charge in [0.1, 0.15) is 5.65 Å². The van der Waals surface area contributed by atoms with Gasteiger partial charge >= 0.3 is 0 Å². The van der Waals surface area contributed by atoms with Crippen molar-refractivity contribution in [1.29, 1.82) is 0 Å². The second-order valence-electron chi connectivity index (χ2n) is 3.25. The third kappa shape index (κ3) is 0.907. The zero-order chi connectivity index (χ0) is 9.54. The minimum Gasteiger partial charge on any atom is -0.472 e. The highest BCUT2D eigenvalue weighted by Gasteiger charge is 2.06. The van der Waals surface area contributed by atoms with Crippen LogP contribution < -0.4 is 0 Å². The minimum atomic E-state index is 0.935. The lowest BCUT2D eigenvalue weighted by Crippen LogP contribution is -1.84. The van der Waals surface area contributed by atoms with Gasteiger partial charge in [-0.15, -0.1) is 0 Å². The highest BCUT2D eigenvalue weighted by Crippen LogP contribution is 2.19. The molecule has 0 amide bonds. The molecule has 0 radical (unpaired) electrons. The minimum absolute atomic E-state index is 0.935. The van der Waals surface area contributed by atoms with Crippen LogP contribution in [0.3, 0.4) is 0 Å². The number of furan rings is 1. The summed E-state index contributed by atoms with van der Waals surface area (Å²) in [5.74, 6) is 0. The zero-order valence-electron chi connectivity index (χ0n) is 7.71. The van der Waals surface area contributed by atoms with Gasteiger partial charge in [-0.3, -0.25) is 0 Å². The molecule has 3 aromatic heterocycles. The summed E-state index contributed by atoms with van der Waals surface area (Å²) < 4.78 is 8.89. The smallest absolute Gasteiger partial charge is 0.136 e. The standard InChI is InChI=1S/C10H9N3O/c1-12-3-4-13-10(12)6-9(11-13)8-2-5-14-7-8/h2-7H,1H3. The van der Waals surface area contributed by atoms with Gasteiger partial charge in [0.15, 0.2) is 0 Å². The molecule has 0 aliphatic rings. The third-order valence-corrected chi connectivity index (χ3v) is 2.33. The maximum atomic E-state index is 5.02. The summed E-state index contributed by atoms with van der Waals surface area (Å²) in [4.78, 5) is 0. The summed E-state index contributed by atoms with van der Waals surface area (Å²) in [5.41, 5.74) is 3.01. The van der Waals surface area contributed by atoms with Crippen molar-refractivity contribution in [2.45, 2.75) is 0 Å². The van der Waals surface area contributed by atoms with Crippen LogP contribution in [0.5, 0.6) is 0 Å². The molecule has 3 rings (SSSR count). The summed E-state index contributed by atoms with van der Waals surface area (Å²) in [7, 11) is 2.00. The van der Waals surface area contributed by atoms with Crippen molar-refractivity contribution in [2.24, 2.45) is 7.05 Å². The summed E-state index contributed by atoms with van der Waals surface area (Å²) in [5, 5.41) is 4.41. The molecule has 70 valence electrons. The Kier molecular flexibility index (Phi) is 1.33. The van der Waals surface area contributed by atoms with Gasteiger partial charge in [0, 0.05) is 31.1 Å². The van der Waals surface area contributed by atoms with E-state index < -0.39 is 0 Å². The van der Waals surface area contributed by atoms with Crippen molar-refractivity contribution < 1.29 is 4.42 Å². The molecule has 0 spiro atoms. The largest absolute Gasteiger partial charge is 0.472 e. The van der Waals surface area contributed by atoms with Crippen molar-refractivity contribution in [3.8, 4) is 11.3 Å². The van der Waals surface area contributed by atoms with E-state index in [4.69, 9.17) is 4.42 Å². The molecule has 0 saturated heterocycles. The van der Waals surface area contributed by atoms with E-state index in [2.05, 4.69) is 5.10 Å². The van der Waals surface area contributed by atoms with Crippen molar-refractivity contribution >= 4 is 5.65 Å². The Bertz CT molecular complexity index is 559. The van der Waals surface area contributed by atoms with Crippen LogP contribution in [0.1, 0.15) is 0 Å². The molecule has 4 nitrogen and oxygen atoms in total. The monoisotopic (exact) mass is 187 g/mol. The molecule has 3 heterocycles. The maximum Gasteiger partial charge on any atom is 0.136 e. The predicted octanol–water partition coefficient (Wildman–Crippen LogP) is 1.93. The molecule has 0 N–H and O–H groups in total. The maximum absolute atomic E-state index is 5.02. The van der Waals surface area contributed by atoms with E-state index in [9.17, 15) is 0 Å². The molecule has 0 fully saturated rings. The molecule has 0 atom stereocenters. The number of imidazole rings is 1. The number of aromatic nitrogens is 3. The van der Waals surface area contributed by atoms with Gasteiger partial charge in [-0.2, -0.15) is 5.10 Å². The fraction of sp³-hybridized carbons (Fsp3) is 0.100. The Morgan fingerprint density at radius 3 is 3.00 bits per heavy atom. The van der Waals surface area contributed by atoms with Gasteiger partial charge < -0.3 is 8.98 Å². The molecular weight excluding hydrogens is 178 g/mol. The Morgan fingerprint density at radius 2 is 2.29 bits per heavy atom. The van der Waals surface area contributed by atoms with Gasteiger partial charge in [-0.05, 0) is 6.07 Å². The molecule has 3 aromatic rings. The predicted molar refractivity (Wildman–Crippen MR) is 51.9 cm³/mol. The van der Waals surface area contributed by atoms with Crippen LogP contribution >= 0.6 is 0 Å². The molecule has 0 saturated carbocycles. The molecule has 0 bridgehead atoms. The first kappa shape index (κ1) is 7.44. The van der Waals surface area contributed by atoms with Crippen molar-refractivity contribution in [3.63, 3.8) is 0 Å².